The van der Waals surface area contributed by atoms with E-state index < -0.39 is 0 Å². The van der Waals surface area contributed by atoms with Crippen LogP contribution in [0.25, 0.3) is 0 Å². The second-order valence-electron chi connectivity index (χ2n) is 7.73. The Bertz CT molecular complexity index is 654. The van der Waals surface area contributed by atoms with Crippen LogP contribution in [-0.2, 0) is 9.59 Å². The van der Waals surface area contributed by atoms with E-state index in [0.29, 0.717) is 23.8 Å². The van der Waals surface area contributed by atoms with Gasteiger partial charge in [0.1, 0.15) is 0 Å². The number of para-hydroxylation sites is 1. The van der Waals surface area contributed by atoms with Crippen molar-refractivity contribution in [1.29, 1.82) is 0 Å². The largest absolute Gasteiger partial charge is 0.342 e. The van der Waals surface area contributed by atoms with Gasteiger partial charge in [0.15, 0.2) is 0 Å². The van der Waals surface area contributed by atoms with Gasteiger partial charge in [-0.1, -0.05) is 43.0 Å². The normalized spacial score (nSPS) is 19.7. The Balaban J connectivity index is 1.38. The van der Waals surface area contributed by atoms with E-state index in [-0.39, 0.29) is 11.8 Å². The highest BCUT2D eigenvalue weighted by Gasteiger charge is 2.23. The van der Waals surface area contributed by atoms with Gasteiger partial charge >= 0.3 is 0 Å². The summed E-state index contributed by atoms with van der Waals surface area (Å²) < 4.78 is 0. The third-order valence-electron chi connectivity index (χ3n) is 5.55. The van der Waals surface area contributed by atoms with Gasteiger partial charge in [-0.05, 0) is 25.0 Å². The molecular formula is C21H31ClN4O2. The standard InChI is InChI=1S/C21H31ClN4O2/c22-18-8-4-5-9-19(18)23-20(27)16-24-12-14-25(15-13-24)17-21(28)26-10-6-2-1-3-7-11-26/h4-5,8-9H,1-3,6-7,10-17H2,(H,23,27). The van der Waals surface area contributed by atoms with Crippen molar-refractivity contribution in [1.82, 2.24) is 14.7 Å². The molecule has 2 heterocycles. The van der Waals surface area contributed by atoms with Gasteiger partial charge in [-0.15, -0.1) is 0 Å². The summed E-state index contributed by atoms with van der Waals surface area (Å²) in [5.41, 5.74) is 0.645. The van der Waals surface area contributed by atoms with E-state index in [1.165, 1.54) is 19.3 Å². The molecule has 1 aromatic carbocycles. The molecule has 1 N–H and O–H groups in total. The zero-order valence-electron chi connectivity index (χ0n) is 16.5. The summed E-state index contributed by atoms with van der Waals surface area (Å²) in [6.45, 7) is 5.88. The number of anilines is 1. The predicted molar refractivity (Wildman–Crippen MR) is 113 cm³/mol. The molecular weight excluding hydrogens is 376 g/mol. The molecule has 154 valence electrons. The van der Waals surface area contributed by atoms with Crippen LogP contribution in [0.3, 0.4) is 0 Å². The van der Waals surface area contributed by atoms with Gasteiger partial charge in [0.05, 0.1) is 23.8 Å². The number of halogens is 1. The quantitative estimate of drug-likeness (QED) is 0.816. The van der Waals surface area contributed by atoms with Crippen molar-refractivity contribution in [2.24, 2.45) is 0 Å². The Morgan fingerprint density at radius 1 is 0.821 bits per heavy atom. The van der Waals surface area contributed by atoms with Crippen LogP contribution in [0, 0.1) is 0 Å². The summed E-state index contributed by atoms with van der Waals surface area (Å²) in [6.07, 6.45) is 6.02. The predicted octanol–water partition coefficient (Wildman–Crippen LogP) is 2.69. The van der Waals surface area contributed by atoms with Crippen molar-refractivity contribution in [2.75, 3.05) is 57.7 Å². The topological polar surface area (TPSA) is 55.9 Å². The fourth-order valence-corrected chi connectivity index (χ4v) is 4.03. The summed E-state index contributed by atoms with van der Waals surface area (Å²) in [6, 6.07) is 7.25. The van der Waals surface area contributed by atoms with E-state index in [1.807, 2.05) is 17.0 Å². The van der Waals surface area contributed by atoms with Crippen molar-refractivity contribution in [3.05, 3.63) is 29.3 Å². The molecule has 1 aromatic rings. The molecule has 7 heteroatoms. The molecule has 3 rings (SSSR count). The number of hydrogen-bond donors (Lipinski definition) is 1. The van der Waals surface area contributed by atoms with Gasteiger partial charge in [0.2, 0.25) is 11.8 Å². The molecule has 0 saturated carbocycles. The molecule has 0 spiro atoms. The summed E-state index contributed by atoms with van der Waals surface area (Å²) >= 11 is 6.09. The highest BCUT2D eigenvalue weighted by Crippen LogP contribution is 2.20. The molecule has 0 aliphatic carbocycles. The minimum atomic E-state index is -0.0572. The van der Waals surface area contributed by atoms with E-state index in [4.69, 9.17) is 11.6 Å². The van der Waals surface area contributed by atoms with Gasteiger partial charge < -0.3 is 10.2 Å². The van der Waals surface area contributed by atoms with Gasteiger partial charge in [-0.2, -0.15) is 0 Å². The second-order valence-corrected chi connectivity index (χ2v) is 8.14. The van der Waals surface area contributed by atoms with Gasteiger partial charge in [0, 0.05) is 39.3 Å². The SMILES string of the molecule is O=C(CN1CCN(CC(=O)N2CCCCCCC2)CC1)Nc1ccccc1Cl. The highest BCUT2D eigenvalue weighted by atomic mass is 35.5. The third-order valence-corrected chi connectivity index (χ3v) is 5.88. The van der Waals surface area contributed by atoms with Crippen molar-refractivity contribution in [2.45, 2.75) is 32.1 Å². The summed E-state index contributed by atoms with van der Waals surface area (Å²) in [7, 11) is 0. The van der Waals surface area contributed by atoms with E-state index in [2.05, 4.69) is 15.1 Å². The first-order valence-electron chi connectivity index (χ1n) is 10.4. The van der Waals surface area contributed by atoms with Gasteiger partial charge in [-0.3, -0.25) is 19.4 Å². The average Bonchev–Trinajstić information content (AvgIpc) is 2.65. The van der Waals surface area contributed by atoms with Crippen LogP contribution in [0.1, 0.15) is 32.1 Å². The molecule has 0 aromatic heterocycles. The van der Waals surface area contributed by atoms with Crippen LogP contribution in [0.15, 0.2) is 24.3 Å². The number of hydrogen-bond acceptors (Lipinski definition) is 4. The molecule has 0 radical (unpaired) electrons. The monoisotopic (exact) mass is 406 g/mol. The van der Waals surface area contributed by atoms with Crippen LogP contribution in [-0.4, -0.2) is 78.9 Å². The van der Waals surface area contributed by atoms with Crippen molar-refractivity contribution in [3.8, 4) is 0 Å². The Morgan fingerprint density at radius 2 is 1.39 bits per heavy atom. The first-order chi connectivity index (χ1) is 13.6. The Kier molecular flexibility index (Phi) is 8.13. The molecule has 2 aliphatic rings. The first-order valence-corrected chi connectivity index (χ1v) is 10.8. The van der Waals surface area contributed by atoms with E-state index in [1.54, 1.807) is 12.1 Å². The zero-order valence-corrected chi connectivity index (χ0v) is 17.3. The maximum atomic E-state index is 12.6. The molecule has 28 heavy (non-hydrogen) atoms. The van der Waals surface area contributed by atoms with Crippen LogP contribution < -0.4 is 5.32 Å². The molecule has 2 amide bonds. The van der Waals surface area contributed by atoms with E-state index in [0.717, 1.165) is 52.1 Å². The van der Waals surface area contributed by atoms with Crippen LogP contribution >= 0.6 is 11.6 Å². The lowest BCUT2D eigenvalue weighted by Gasteiger charge is -2.35. The summed E-state index contributed by atoms with van der Waals surface area (Å²) in [4.78, 5) is 31.3. The van der Waals surface area contributed by atoms with Crippen LogP contribution in [0.4, 0.5) is 5.69 Å². The van der Waals surface area contributed by atoms with Crippen molar-refractivity contribution in [3.63, 3.8) is 0 Å². The highest BCUT2D eigenvalue weighted by molar-refractivity contribution is 6.33. The van der Waals surface area contributed by atoms with Crippen LogP contribution in [0.5, 0.6) is 0 Å². The fraction of sp³-hybridized carbons (Fsp3) is 0.619. The zero-order chi connectivity index (χ0) is 19.8. The maximum absolute atomic E-state index is 12.6. The molecule has 6 nitrogen and oxygen atoms in total. The Labute approximate surface area is 172 Å². The smallest absolute Gasteiger partial charge is 0.238 e. The number of rotatable bonds is 5. The van der Waals surface area contributed by atoms with Crippen molar-refractivity contribution >= 4 is 29.1 Å². The molecule has 0 atom stereocenters. The number of piperazine rings is 1. The lowest BCUT2D eigenvalue weighted by Crippen LogP contribution is -2.51. The summed E-state index contributed by atoms with van der Waals surface area (Å²) in [5, 5.41) is 3.41. The van der Waals surface area contributed by atoms with Gasteiger partial charge in [0.25, 0.3) is 0 Å². The molecule has 2 fully saturated rings. The molecule has 0 unspecified atom stereocenters. The molecule has 2 aliphatic heterocycles. The minimum absolute atomic E-state index is 0.0572. The average molecular weight is 407 g/mol. The lowest BCUT2D eigenvalue weighted by atomic mass is 10.1. The number of nitrogens with zero attached hydrogens (tertiary/aromatic N) is 3. The summed E-state index contributed by atoms with van der Waals surface area (Å²) in [5.74, 6) is 0.199. The third kappa shape index (κ3) is 6.47. The number of benzene rings is 1. The number of likely N-dealkylation sites (tertiary alicyclic amines) is 1. The van der Waals surface area contributed by atoms with E-state index >= 15 is 0 Å². The fourth-order valence-electron chi connectivity index (χ4n) is 3.85. The number of carbonyl (C=O) groups excluding carboxylic acids is 2. The van der Waals surface area contributed by atoms with Gasteiger partial charge in [-0.25, -0.2) is 0 Å². The van der Waals surface area contributed by atoms with Crippen molar-refractivity contribution < 1.29 is 9.59 Å². The first kappa shape index (κ1) is 21.1. The van der Waals surface area contributed by atoms with Crippen LogP contribution in [0.2, 0.25) is 5.02 Å². The number of amides is 2. The number of carbonyl (C=O) groups is 2. The second kappa shape index (κ2) is 10.8. The Morgan fingerprint density at radius 3 is 2.04 bits per heavy atom. The maximum Gasteiger partial charge on any atom is 0.238 e. The molecule has 0 bridgehead atoms. The minimum Gasteiger partial charge on any atom is -0.342 e. The van der Waals surface area contributed by atoms with E-state index in [9.17, 15) is 9.59 Å². The molecule has 2 saturated heterocycles. The Hall–Kier alpha value is -1.63. The number of nitrogens with one attached hydrogen (secondary N) is 1. The lowest BCUT2D eigenvalue weighted by molar-refractivity contribution is -0.133.